The van der Waals surface area contributed by atoms with Gasteiger partial charge in [-0.1, -0.05) is 19.1 Å². The molecule has 1 saturated heterocycles. The minimum Gasteiger partial charge on any atom is -0.490 e. The molecular weight excluding hydrogens is 252 g/mol. The summed E-state index contributed by atoms with van der Waals surface area (Å²) < 4.78 is 11.5. The van der Waals surface area contributed by atoms with Crippen LogP contribution in [0.5, 0.6) is 11.5 Å². The number of hydrogen-bond donors (Lipinski definition) is 1. The van der Waals surface area contributed by atoms with E-state index in [-0.39, 0.29) is 0 Å². The van der Waals surface area contributed by atoms with Gasteiger partial charge in [0.1, 0.15) is 6.61 Å². The van der Waals surface area contributed by atoms with Crippen molar-refractivity contribution in [3.63, 3.8) is 0 Å². The van der Waals surface area contributed by atoms with Gasteiger partial charge in [-0.25, -0.2) is 0 Å². The van der Waals surface area contributed by atoms with Crippen molar-refractivity contribution in [2.24, 2.45) is 0 Å². The average Bonchev–Trinajstić information content (AvgIpc) is 2.50. The highest BCUT2D eigenvalue weighted by atomic mass is 16.5. The van der Waals surface area contributed by atoms with E-state index in [9.17, 15) is 0 Å². The number of hydrogen-bond acceptors (Lipinski definition) is 4. The van der Waals surface area contributed by atoms with E-state index in [0.717, 1.165) is 37.7 Å². The van der Waals surface area contributed by atoms with Crippen LogP contribution in [0.15, 0.2) is 24.3 Å². The molecule has 20 heavy (non-hydrogen) atoms. The van der Waals surface area contributed by atoms with Crippen molar-refractivity contribution in [2.75, 3.05) is 39.4 Å². The van der Waals surface area contributed by atoms with Crippen LogP contribution in [0.2, 0.25) is 0 Å². The predicted molar refractivity (Wildman–Crippen MR) is 81.6 cm³/mol. The van der Waals surface area contributed by atoms with Gasteiger partial charge in [0.2, 0.25) is 0 Å². The first-order valence-electron chi connectivity index (χ1n) is 7.64. The molecular formula is C16H26N2O2. The number of nitrogens with zero attached hydrogens (tertiary/aromatic N) is 1. The molecule has 0 bridgehead atoms. The molecule has 112 valence electrons. The molecule has 1 aliphatic rings. The summed E-state index contributed by atoms with van der Waals surface area (Å²) in [6, 6.07) is 8.52. The van der Waals surface area contributed by atoms with Crippen LogP contribution in [0.1, 0.15) is 20.3 Å². The van der Waals surface area contributed by atoms with Crippen LogP contribution in [0.3, 0.4) is 0 Å². The molecule has 1 N–H and O–H groups in total. The molecule has 1 fully saturated rings. The van der Waals surface area contributed by atoms with Gasteiger partial charge in [0.25, 0.3) is 0 Å². The third kappa shape index (κ3) is 4.12. The van der Waals surface area contributed by atoms with Gasteiger partial charge in [0, 0.05) is 32.2 Å². The molecule has 0 aromatic heterocycles. The lowest BCUT2D eigenvalue weighted by molar-refractivity contribution is 0.129. The molecule has 1 unspecified atom stereocenters. The molecule has 1 heterocycles. The van der Waals surface area contributed by atoms with Gasteiger partial charge in [0.15, 0.2) is 11.5 Å². The monoisotopic (exact) mass is 278 g/mol. The normalized spacial score (nSPS) is 19.8. The maximum absolute atomic E-state index is 5.90. The van der Waals surface area contributed by atoms with Crippen LogP contribution in [0.25, 0.3) is 0 Å². The van der Waals surface area contributed by atoms with Crippen LogP contribution in [-0.4, -0.2) is 50.3 Å². The van der Waals surface area contributed by atoms with Gasteiger partial charge < -0.3 is 14.8 Å². The van der Waals surface area contributed by atoms with E-state index < -0.39 is 0 Å². The Labute approximate surface area is 122 Å². The lowest BCUT2D eigenvalue weighted by Gasteiger charge is -2.35. The molecule has 0 aliphatic carbocycles. The van der Waals surface area contributed by atoms with Crippen molar-refractivity contribution in [1.82, 2.24) is 10.2 Å². The van der Waals surface area contributed by atoms with E-state index in [1.165, 1.54) is 6.42 Å². The topological polar surface area (TPSA) is 33.7 Å². The quantitative estimate of drug-likeness (QED) is 0.828. The SMILES string of the molecule is CCOc1ccccc1OCCN1CCNCC1CC. The fourth-order valence-corrected chi connectivity index (χ4v) is 2.62. The maximum Gasteiger partial charge on any atom is 0.161 e. The zero-order valence-electron chi connectivity index (χ0n) is 12.6. The Morgan fingerprint density at radius 2 is 1.95 bits per heavy atom. The van der Waals surface area contributed by atoms with Crippen molar-refractivity contribution in [3.8, 4) is 11.5 Å². The third-order valence-corrected chi connectivity index (χ3v) is 3.73. The number of para-hydroxylation sites is 2. The van der Waals surface area contributed by atoms with Crippen LogP contribution in [-0.2, 0) is 0 Å². The molecule has 0 saturated carbocycles. The summed E-state index contributed by atoms with van der Waals surface area (Å²) in [5.41, 5.74) is 0. The number of benzene rings is 1. The van der Waals surface area contributed by atoms with Crippen molar-refractivity contribution >= 4 is 0 Å². The van der Waals surface area contributed by atoms with Crippen LogP contribution < -0.4 is 14.8 Å². The summed E-state index contributed by atoms with van der Waals surface area (Å²) in [6.07, 6.45) is 1.18. The molecule has 2 rings (SSSR count). The van der Waals surface area contributed by atoms with E-state index in [2.05, 4.69) is 17.1 Å². The number of ether oxygens (including phenoxy) is 2. The minimum absolute atomic E-state index is 0.634. The zero-order valence-corrected chi connectivity index (χ0v) is 12.6. The smallest absolute Gasteiger partial charge is 0.161 e. The maximum atomic E-state index is 5.90. The second-order valence-corrected chi connectivity index (χ2v) is 5.03. The molecule has 1 aliphatic heterocycles. The van der Waals surface area contributed by atoms with Crippen molar-refractivity contribution in [1.29, 1.82) is 0 Å². The largest absolute Gasteiger partial charge is 0.490 e. The molecule has 4 heteroatoms. The van der Waals surface area contributed by atoms with Gasteiger partial charge in [0.05, 0.1) is 6.61 Å². The fraction of sp³-hybridized carbons (Fsp3) is 0.625. The Bertz CT molecular complexity index is 398. The highest BCUT2D eigenvalue weighted by Crippen LogP contribution is 2.26. The average molecular weight is 278 g/mol. The van der Waals surface area contributed by atoms with Crippen LogP contribution >= 0.6 is 0 Å². The Hall–Kier alpha value is -1.26. The van der Waals surface area contributed by atoms with Crippen LogP contribution in [0, 0.1) is 0 Å². The first kappa shape index (κ1) is 15.1. The summed E-state index contributed by atoms with van der Waals surface area (Å²) >= 11 is 0. The number of piperazine rings is 1. The minimum atomic E-state index is 0.634. The predicted octanol–water partition coefficient (Wildman–Crippen LogP) is 2.15. The molecule has 1 atom stereocenters. The summed E-state index contributed by atoms with van der Waals surface area (Å²) in [7, 11) is 0. The molecule has 4 nitrogen and oxygen atoms in total. The standard InChI is InChI=1S/C16H26N2O2/c1-3-14-13-17-9-10-18(14)11-12-20-16-8-6-5-7-15(16)19-4-2/h5-8,14,17H,3-4,9-13H2,1-2H3. The van der Waals surface area contributed by atoms with Gasteiger partial charge in [-0.3, -0.25) is 4.90 Å². The van der Waals surface area contributed by atoms with E-state index in [0.29, 0.717) is 19.3 Å². The molecule has 0 radical (unpaired) electrons. The Kier molecular flexibility index (Phi) is 6.15. The fourth-order valence-electron chi connectivity index (χ4n) is 2.62. The number of nitrogens with one attached hydrogen (secondary N) is 1. The summed E-state index contributed by atoms with van der Waals surface area (Å²) in [4.78, 5) is 2.51. The first-order chi connectivity index (χ1) is 9.85. The zero-order chi connectivity index (χ0) is 14.2. The second-order valence-electron chi connectivity index (χ2n) is 5.03. The van der Waals surface area contributed by atoms with Crippen molar-refractivity contribution in [2.45, 2.75) is 26.3 Å². The summed E-state index contributed by atoms with van der Waals surface area (Å²) in [5, 5.41) is 3.45. The van der Waals surface area contributed by atoms with Gasteiger partial charge in [-0.2, -0.15) is 0 Å². The summed E-state index contributed by atoms with van der Waals surface area (Å²) in [6.45, 7) is 9.85. The highest BCUT2D eigenvalue weighted by Gasteiger charge is 2.19. The van der Waals surface area contributed by atoms with Crippen molar-refractivity contribution in [3.05, 3.63) is 24.3 Å². The molecule has 0 amide bonds. The Morgan fingerprint density at radius 3 is 2.65 bits per heavy atom. The first-order valence-corrected chi connectivity index (χ1v) is 7.64. The molecule has 1 aromatic rings. The van der Waals surface area contributed by atoms with Crippen molar-refractivity contribution < 1.29 is 9.47 Å². The third-order valence-electron chi connectivity index (χ3n) is 3.73. The second kappa shape index (κ2) is 8.12. The Morgan fingerprint density at radius 1 is 1.20 bits per heavy atom. The lowest BCUT2D eigenvalue weighted by atomic mass is 10.1. The van der Waals surface area contributed by atoms with E-state index in [1.807, 2.05) is 31.2 Å². The molecule has 1 aromatic carbocycles. The van der Waals surface area contributed by atoms with Gasteiger partial charge in [-0.05, 0) is 25.5 Å². The van der Waals surface area contributed by atoms with E-state index in [1.54, 1.807) is 0 Å². The van der Waals surface area contributed by atoms with Gasteiger partial charge in [-0.15, -0.1) is 0 Å². The van der Waals surface area contributed by atoms with Gasteiger partial charge >= 0.3 is 0 Å². The number of rotatable bonds is 7. The summed E-state index contributed by atoms with van der Waals surface area (Å²) in [5.74, 6) is 1.68. The lowest BCUT2D eigenvalue weighted by Crippen LogP contribution is -2.51. The Balaban J connectivity index is 1.83. The highest BCUT2D eigenvalue weighted by molar-refractivity contribution is 5.39. The van der Waals surface area contributed by atoms with E-state index in [4.69, 9.17) is 9.47 Å². The van der Waals surface area contributed by atoms with Crippen LogP contribution in [0.4, 0.5) is 0 Å². The van der Waals surface area contributed by atoms with E-state index >= 15 is 0 Å². The molecule has 0 spiro atoms.